The summed E-state index contributed by atoms with van der Waals surface area (Å²) in [6.07, 6.45) is 4.02. The van der Waals surface area contributed by atoms with Gasteiger partial charge in [0.25, 0.3) is 0 Å². The first kappa shape index (κ1) is 14.4. The Labute approximate surface area is 117 Å². The first-order valence-electron chi connectivity index (χ1n) is 7.48. The van der Waals surface area contributed by atoms with E-state index in [1.54, 1.807) is 0 Å². The van der Waals surface area contributed by atoms with Gasteiger partial charge in [0.05, 0.1) is 6.61 Å². The Morgan fingerprint density at radius 2 is 2.00 bits per heavy atom. The average molecular weight is 261 g/mol. The third-order valence-corrected chi connectivity index (χ3v) is 4.60. The van der Waals surface area contributed by atoms with Crippen LogP contribution in [0.1, 0.15) is 51.6 Å². The van der Waals surface area contributed by atoms with Gasteiger partial charge in [-0.25, -0.2) is 0 Å². The van der Waals surface area contributed by atoms with Crippen LogP contribution in [0.3, 0.4) is 0 Å². The van der Waals surface area contributed by atoms with E-state index in [1.165, 1.54) is 24.8 Å². The van der Waals surface area contributed by atoms with Crippen molar-refractivity contribution >= 4 is 0 Å². The van der Waals surface area contributed by atoms with Crippen molar-refractivity contribution in [3.8, 4) is 5.75 Å². The standard InChI is InChI=1S/C17H27NO/c1-5-19-14-10-8-13(9-11-14)16(18-4)15-7-6-12-17(15,2)3/h8-11,15-16,18H,5-7,12H2,1-4H3. The highest BCUT2D eigenvalue weighted by Gasteiger charge is 2.39. The van der Waals surface area contributed by atoms with Gasteiger partial charge >= 0.3 is 0 Å². The van der Waals surface area contributed by atoms with Crippen LogP contribution in [0.25, 0.3) is 0 Å². The van der Waals surface area contributed by atoms with Gasteiger partial charge in [0, 0.05) is 6.04 Å². The Balaban J connectivity index is 2.17. The first-order chi connectivity index (χ1) is 9.08. The molecule has 1 aliphatic carbocycles. The number of benzene rings is 1. The van der Waals surface area contributed by atoms with Crippen molar-refractivity contribution in [2.45, 2.75) is 46.1 Å². The molecule has 19 heavy (non-hydrogen) atoms. The van der Waals surface area contributed by atoms with Gasteiger partial charge in [-0.1, -0.05) is 32.4 Å². The Kier molecular flexibility index (Phi) is 4.51. The zero-order valence-electron chi connectivity index (χ0n) is 12.7. The Morgan fingerprint density at radius 3 is 2.47 bits per heavy atom. The van der Waals surface area contributed by atoms with Crippen LogP contribution in [0.15, 0.2) is 24.3 Å². The molecule has 0 bridgehead atoms. The molecule has 1 aromatic carbocycles. The molecule has 0 amide bonds. The third-order valence-electron chi connectivity index (χ3n) is 4.60. The van der Waals surface area contributed by atoms with Crippen LogP contribution in [0.4, 0.5) is 0 Å². The Hall–Kier alpha value is -1.02. The molecule has 0 radical (unpaired) electrons. The lowest BCUT2D eigenvalue weighted by Crippen LogP contribution is -2.31. The minimum Gasteiger partial charge on any atom is -0.494 e. The van der Waals surface area contributed by atoms with Crippen molar-refractivity contribution in [2.24, 2.45) is 11.3 Å². The molecule has 1 N–H and O–H groups in total. The van der Waals surface area contributed by atoms with Crippen LogP contribution in [0.5, 0.6) is 5.75 Å². The minimum absolute atomic E-state index is 0.437. The molecule has 2 nitrogen and oxygen atoms in total. The summed E-state index contributed by atoms with van der Waals surface area (Å²) in [7, 11) is 2.08. The van der Waals surface area contributed by atoms with Crippen molar-refractivity contribution in [2.75, 3.05) is 13.7 Å². The van der Waals surface area contributed by atoms with Gasteiger partial charge in [0.2, 0.25) is 0 Å². The monoisotopic (exact) mass is 261 g/mol. The van der Waals surface area contributed by atoms with E-state index in [0.717, 1.165) is 18.3 Å². The van der Waals surface area contributed by atoms with Gasteiger partial charge < -0.3 is 10.1 Å². The smallest absolute Gasteiger partial charge is 0.119 e. The van der Waals surface area contributed by atoms with E-state index in [9.17, 15) is 0 Å². The summed E-state index contributed by atoms with van der Waals surface area (Å²) in [6, 6.07) is 9.05. The van der Waals surface area contributed by atoms with E-state index in [4.69, 9.17) is 4.74 Å². The summed E-state index contributed by atoms with van der Waals surface area (Å²) in [6.45, 7) is 7.56. The topological polar surface area (TPSA) is 21.3 Å². The van der Waals surface area contributed by atoms with E-state index in [2.05, 4.69) is 50.5 Å². The normalized spacial score (nSPS) is 23.3. The summed E-state index contributed by atoms with van der Waals surface area (Å²) in [5.74, 6) is 1.68. The Bertz CT molecular complexity index is 396. The van der Waals surface area contributed by atoms with E-state index in [0.29, 0.717) is 11.5 Å². The zero-order valence-corrected chi connectivity index (χ0v) is 12.7. The number of ether oxygens (including phenoxy) is 1. The fourth-order valence-corrected chi connectivity index (χ4v) is 3.51. The molecule has 2 unspecified atom stereocenters. The maximum Gasteiger partial charge on any atom is 0.119 e. The highest BCUT2D eigenvalue weighted by atomic mass is 16.5. The van der Waals surface area contributed by atoms with Gasteiger partial charge in [0.1, 0.15) is 5.75 Å². The van der Waals surface area contributed by atoms with Crippen molar-refractivity contribution in [1.29, 1.82) is 0 Å². The fraction of sp³-hybridized carbons (Fsp3) is 0.647. The molecule has 1 aliphatic rings. The maximum absolute atomic E-state index is 5.52. The van der Waals surface area contributed by atoms with Crippen LogP contribution >= 0.6 is 0 Å². The molecule has 0 aliphatic heterocycles. The van der Waals surface area contributed by atoms with Crippen LogP contribution in [0, 0.1) is 11.3 Å². The molecule has 2 heteroatoms. The molecular weight excluding hydrogens is 234 g/mol. The molecule has 2 atom stereocenters. The molecule has 0 saturated heterocycles. The maximum atomic E-state index is 5.52. The van der Waals surface area contributed by atoms with Crippen LogP contribution in [-0.2, 0) is 0 Å². The van der Waals surface area contributed by atoms with E-state index >= 15 is 0 Å². The number of rotatable bonds is 5. The number of nitrogens with one attached hydrogen (secondary N) is 1. The van der Waals surface area contributed by atoms with Gasteiger partial charge in [-0.05, 0) is 55.8 Å². The average Bonchev–Trinajstić information content (AvgIpc) is 2.73. The molecule has 1 saturated carbocycles. The molecular formula is C17H27NO. The molecule has 0 spiro atoms. The number of hydrogen-bond acceptors (Lipinski definition) is 2. The van der Waals surface area contributed by atoms with Gasteiger partial charge in [-0.2, -0.15) is 0 Å². The van der Waals surface area contributed by atoms with E-state index in [1.807, 2.05) is 6.92 Å². The predicted octanol–water partition coefficient (Wildman–Crippen LogP) is 4.17. The Morgan fingerprint density at radius 1 is 1.32 bits per heavy atom. The summed E-state index contributed by atoms with van der Waals surface area (Å²) >= 11 is 0. The lowest BCUT2D eigenvalue weighted by molar-refractivity contribution is 0.203. The van der Waals surface area contributed by atoms with Crippen molar-refractivity contribution in [1.82, 2.24) is 5.32 Å². The zero-order chi connectivity index (χ0) is 13.9. The minimum atomic E-state index is 0.437. The molecule has 106 valence electrons. The van der Waals surface area contributed by atoms with E-state index in [-0.39, 0.29) is 0 Å². The second kappa shape index (κ2) is 5.96. The third kappa shape index (κ3) is 3.11. The quantitative estimate of drug-likeness (QED) is 0.859. The van der Waals surface area contributed by atoms with Crippen LogP contribution < -0.4 is 10.1 Å². The predicted molar refractivity (Wildman–Crippen MR) is 80.5 cm³/mol. The van der Waals surface area contributed by atoms with Gasteiger partial charge in [-0.3, -0.25) is 0 Å². The second-order valence-corrected chi connectivity index (χ2v) is 6.26. The molecule has 2 rings (SSSR count). The summed E-state index contributed by atoms with van der Waals surface area (Å²) < 4.78 is 5.52. The summed E-state index contributed by atoms with van der Waals surface area (Å²) in [4.78, 5) is 0. The largest absolute Gasteiger partial charge is 0.494 e. The first-order valence-corrected chi connectivity index (χ1v) is 7.48. The van der Waals surface area contributed by atoms with Crippen molar-refractivity contribution in [3.63, 3.8) is 0 Å². The highest BCUT2D eigenvalue weighted by molar-refractivity contribution is 5.30. The van der Waals surface area contributed by atoms with Gasteiger partial charge in [-0.15, -0.1) is 0 Å². The SMILES string of the molecule is CCOc1ccc(C(NC)C2CCCC2(C)C)cc1. The lowest BCUT2D eigenvalue weighted by atomic mass is 9.75. The van der Waals surface area contributed by atoms with Crippen LogP contribution in [0.2, 0.25) is 0 Å². The highest BCUT2D eigenvalue weighted by Crippen LogP contribution is 2.48. The fourth-order valence-electron chi connectivity index (χ4n) is 3.51. The second-order valence-electron chi connectivity index (χ2n) is 6.26. The lowest BCUT2D eigenvalue weighted by Gasteiger charge is -2.34. The molecule has 0 aromatic heterocycles. The van der Waals surface area contributed by atoms with Crippen molar-refractivity contribution in [3.05, 3.63) is 29.8 Å². The number of hydrogen-bond donors (Lipinski definition) is 1. The molecule has 0 heterocycles. The van der Waals surface area contributed by atoms with Crippen LogP contribution in [-0.4, -0.2) is 13.7 Å². The van der Waals surface area contributed by atoms with Crippen molar-refractivity contribution < 1.29 is 4.74 Å². The van der Waals surface area contributed by atoms with Gasteiger partial charge in [0.15, 0.2) is 0 Å². The molecule has 1 aromatic rings. The summed E-state index contributed by atoms with van der Waals surface area (Å²) in [5, 5.41) is 3.53. The van der Waals surface area contributed by atoms with E-state index < -0.39 is 0 Å². The summed E-state index contributed by atoms with van der Waals surface area (Å²) in [5.41, 5.74) is 1.82. The molecule has 1 fully saturated rings.